The van der Waals surface area contributed by atoms with Gasteiger partial charge in [-0.25, -0.2) is 0 Å². The first-order valence-corrected chi connectivity index (χ1v) is 13.7. The smallest absolute Gasteiger partial charge is 0.186 e. The second kappa shape index (κ2) is 13.4. The fourth-order valence-electron chi connectivity index (χ4n) is 5.32. The Morgan fingerprint density at radius 2 is 1.20 bits per heavy atom. The number of ether oxygens (including phenoxy) is 5. The second-order valence-electron chi connectivity index (χ2n) is 9.97. The Kier molecular flexibility index (Phi) is 9.46. The largest absolute Gasteiger partial charge is 0.497 e. The molecule has 5 rings (SSSR count). The van der Waals surface area contributed by atoms with Crippen molar-refractivity contribution in [2.45, 2.75) is 42.9 Å². The van der Waals surface area contributed by atoms with Crippen molar-refractivity contribution >= 4 is 0 Å². The number of benzene rings is 4. The average molecular weight is 557 g/mol. The summed E-state index contributed by atoms with van der Waals surface area (Å²) < 4.78 is 29.6. The molecular formula is C34H36O7. The van der Waals surface area contributed by atoms with Crippen LogP contribution in [-0.4, -0.2) is 61.7 Å². The third-order valence-corrected chi connectivity index (χ3v) is 7.48. The molecule has 2 N–H and O–H groups in total. The van der Waals surface area contributed by atoms with E-state index in [2.05, 4.69) is 0 Å². The number of hydrogen-bond donors (Lipinski definition) is 2. The molecule has 0 radical (unpaired) electrons. The summed E-state index contributed by atoms with van der Waals surface area (Å²) in [6, 6.07) is 37.4. The molecule has 1 heterocycles. The van der Waals surface area contributed by atoms with Gasteiger partial charge in [0, 0.05) is 7.11 Å². The van der Waals surface area contributed by atoms with Crippen molar-refractivity contribution in [2.75, 3.05) is 20.8 Å². The molecular weight excluding hydrogens is 520 g/mol. The quantitative estimate of drug-likeness (QED) is 0.260. The Morgan fingerprint density at radius 3 is 1.66 bits per heavy atom. The van der Waals surface area contributed by atoms with E-state index in [-0.39, 0.29) is 13.2 Å². The van der Waals surface area contributed by atoms with E-state index >= 15 is 0 Å². The summed E-state index contributed by atoms with van der Waals surface area (Å²) in [6.07, 6.45) is -5.21. The van der Waals surface area contributed by atoms with Gasteiger partial charge in [-0.05, 0) is 34.4 Å². The van der Waals surface area contributed by atoms with Crippen LogP contribution in [0, 0.1) is 0 Å². The number of aliphatic hydroxyl groups excluding tert-OH is 2. The maximum atomic E-state index is 11.4. The van der Waals surface area contributed by atoms with Crippen LogP contribution >= 0.6 is 0 Å². The van der Waals surface area contributed by atoms with Gasteiger partial charge in [0.1, 0.15) is 35.8 Å². The number of rotatable bonds is 11. The fourth-order valence-corrected chi connectivity index (χ4v) is 5.32. The lowest BCUT2D eigenvalue weighted by Gasteiger charge is -2.43. The monoisotopic (exact) mass is 556 g/mol. The fraction of sp³-hybridized carbons (Fsp3) is 0.294. The third kappa shape index (κ3) is 6.21. The molecule has 1 saturated heterocycles. The lowest BCUT2D eigenvalue weighted by Crippen LogP contribution is -2.60. The van der Waals surface area contributed by atoms with Crippen LogP contribution in [0.3, 0.4) is 0 Å². The van der Waals surface area contributed by atoms with E-state index in [1.165, 1.54) is 7.11 Å². The van der Waals surface area contributed by atoms with Crippen molar-refractivity contribution in [3.05, 3.63) is 138 Å². The minimum absolute atomic E-state index is 0.00513. The summed E-state index contributed by atoms with van der Waals surface area (Å²) in [7, 11) is 3.06. The van der Waals surface area contributed by atoms with Gasteiger partial charge in [0.2, 0.25) is 0 Å². The van der Waals surface area contributed by atoms with Crippen LogP contribution in [-0.2, 0) is 31.2 Å². The van der Waals surface area contributed by atoms with Crippen molar-refractivity contribution in [2.24, 2.45) is 0 Å². The molecule has 0 amide bonds. The van der Waals surface area contributed by atoms with E-state index < -0.39 is 36.3 Å². The van der Waals surface area contributed by atoms with Crippen LogP contribution in [0.4, 0.5) is 0 Å². The first-order chi connectivity index (χ1) is 20.1. The van der Waals surface area contributed by atoms with Gasteiger partial charge in [0.25, 0.3) is 0 Å². The maximum absolute atomic E-state index is 11.4. The van der Waals surface area contributed by atoms with Crippen molar-refractivity contribution in [3.8, 4) is 5.75 Å². The summed E-state index contributed by atoms with van der Waals surface area (Å²) >= 11 is 0. The van der Waals surface area contributed by atoms with Crippen LogP contribution in [0.25, 0.3) is 0 Å². The SMILES string of the molecule is COc1ccc(CO[C@@H]2[C@@H](O)[C@@H](OC)O[C@H](COC(c3ccccc3)(c3ccccc3)c3ccccc3)[C@H]2O)cc1. The zero-order valence-electron chi connectivity index (χ0n) is 23.2. The molecule has 0 unspecified atom stereocenters. The van der Waals surface area contributed by atoms with E-state index in [1.807, 2.05) is 115 Å². The zero-order chi connectivity index (χ0) is 28.7. The molecule has 214 valence electrons. The minimum Gasteiger partial charge on any atom is -0.497 e. The van der Waals surface area contributed by atoms with Crippen molar-refractivity contribution in [1.29, 1.82) is 0 Å². The molecule has 4 aromatic rings. The number of hydrogen-bond acceptors (Lipinski definition) is 7. The average Bonchev–Trinajstić information content (AvgIpc) is 3.04. The first kappa shape index (κ1) is 29.0. The molecule has 0 aromatic heterocycles. The minimum atomic E-state index is -1.20. The standard InChI is InChI=1S/C34H36O7/c1-37-28-20-18-24(19-21-28)22-39-32-30(35)29(41-33(38-2)31(32)36)23-40-34(25-12-6-3-7-13-25,26-14-8-4-9-15-26)27-16-10-5-11-17-27/h3-21,29-33,35-36H,22-23H2,1-2H3/t29-,30-,31-,32+,33+/m1/s1. The van der Waals surface area contributed by atoms with Gasteiger partial charge in [0.15, 0.2) is 6.29 Å². The molecule has 0 spiro atoms. The van der Waals surface area contributed by atoms with Crippen LogP contribution < -0.4 is 4.74 Å². The van der Waals surface area contributed by atoms with Crippen LogP contribution in [0.5, 0.6) is 5.75 Å². The van der Waals surface area contributed by atoms with Crippen molar-refractivity contribution in [1.82, 2.24) is 0 Å². The third-order valence-electron chi connectivity index (χ3n) is 7.48. The summed E-state index contributed by atoms with van der Waals surface area (Å²) in [4.78, 5) is 0. The van der Waals surface area contributed by atoms with Gasteiger partial charge >= 0.3 is 0 Å². The highest BCUT2D eigenvalue weighted by atomic mass is 16.7. The highest BCUT2D eigenvalue weighted by Crippen LogP contribution is 2.41. The van der Waals surface area contributed by atoms with Gasteiger partial charge < -0.3 is 33.9 Å². The molecule has 0 bridgehead atoms. The Bertz CT molecular complexity index is 1240. The Labute approximate surface area is 240 Å². The van der Waals surface area contributed by atoms with E-state index in [0.717, 1.165) is 28.0 Å². The van der Waals surface area contributed by atoms with E-state index in [9.17, 15) is 10.2 Å². The van der Waals surface area contributed by atoms with Crippen LogP contribution in [0.2, 0.25) is 0 Å². The molecule has 0 saturated carbocycles. The summed E-state index contributed by atoms with van der Waals surface area (Å²) in [5.41, 5.74) is 2.66. The predicted octanol–water partition coefficient (Wildman–Crippen LogP) is 4.68. The maximum Gasteiger partial charge on any atom is 0.186 e. The normalized spacial score (nSPS) is 22.8. The Morgan fingerprint density at radius 1 is 0.683 bits per heavy atom. The number of methoxy groups -OCH3 is 2. The topological polar surface area (TPSA) is 86.6 Å². The molecule has 7 heteroatoms. The first-order valence-electron chi connectivity index (χ1n) is 13.7. The molecule has 7 nitrogen and oxygen atoms in total. The molecule has 0 aliphatic carbocycles. The summed E-state index contributed by atoms with van der Waals surface area (Å²) in [5.74, 6) is 0.732. The molecule has 1 aliphatic rings. The van der Waals surface area contributed by atoms with Gasteiger partial charge in [-0.1, -0.05) is 103 Å². The van der Waals surface area contributed by atoms with Crippen molar-refractivity contribution in [3.63, 3.8) is 0 Å². The molecule has 1 aliphatic heterocycles. The lowest BCUT2D eigenvalue weighted by atomic mass is 9.80. The lowest BCUT2D eigenvalue weighted by molar-refractivity contribution is -0.307. The van der Waals surface area contributed by atoms with Crippen LogP contribution in [0.1, 0.15) is 22.3 Å². The highest BCUT2D eigenvalue weighted by Gasteiger charge is 2.47. The van der Waals surface area contributed by atoms with E-state index in [1.54, 1.807) is 7.11 Å². The second-order valence-corrected chi connectivity index (χ2v) is 9.97. The van der Waals surface area contributed by atoms with E-state index in [4.69, 9.17) is 23.7 Å². The zero-order valence-corrected chi connectivity index (χ0v) is 23.2. The Hall–Kier alpha value is -3.56. The van der Waals surface area contributed by atoms with E-state index in [0.29, 0.717) is 0 Å². The molecule has 1 fully saturated rings. The van der Waals surface area contributed by atoms with Gasteiger partial charge in [-0.15, -0.1) is 0 Å². The van der Waals surface area contributed by atoms with Gasteiger partial charge in [-0.3, -0.25) is 0 Å². The summed E-state index contributed by atoms with van der Waals surface area (Å²) in [5, 5.41) is 22.4. The predicted molar refractivity (Wildman–Crippen MR) is 154 cm³/mol. The van der Waals surface area contributed by atoms with Crippen LogP contribution in [0.15, 0.2) is 115 Å². The van der Waals surface area contributed by atoms with Crippen molar-refractivity contribution < 1.29 is 33.9 Å². The summed E-state index contributed by atoms with van der Waals surface area (Å²) in [6.45, 7) is 0.170. The number of aliphatic hydroxyl groups is 2. The Balaban J connectivity index is 1.44. The highest BCUT2D eigenvalue weighted by molar-refractivity contribution is 5.47. The molecule has 41 heavy (non-hydrogen) atoms. The molecule has 5 atom stereocenters. The van der Waals surface area contributed by atoms with Gasteiger partial charge in [-0.2, -0.15) is 0 Å². The van der Waals surface area contributed by atoms with Gasteiger partial charge in [0.05, 0.1) is 20.3 Å². The molecule has 4 aromatic carbocycles.